The summed E-state index contributed by atoms with van der Waals surface area (Å²) in [6.45, 7) is 1.46. The van der Waals surface area contributed by atoms with Gasteiger partial charge in [-0.2, -0.15) is 0 Å². The van der Waals surface area contributed by atoms with Crippen LogP contribution in [-0.2, 0) is 10.0 Å². The molecule has 1 aliphatic carbocycles. The Labute approximate surface area is 118 Å². The van der Waals surface area contributed by atoms with Crippen LogP contribution in [-0.4, -0.2) is 45.2 Å². The molecule has 1 saturated heterocycles. The fourth-order valence-corrected chi connectivity index (χ4v) is 4.76. The van der Waals surface area contributed by atoms with Crippen molar-refractivity contribution >= 4 is 10.0 Å². The molecule has 19 heavy (non-hydrogen) atoms. The second-order valence-electron chi connectivity index (χ2n) is 6.30. The minimum absolute atomic E-state index is 0.558. The third kappa shape index (κ3) is 4.17. The van der Waals surface area contributed by atoms with Crippen molar-refractivity contribution in [2.75, 3.05) is 26.4 Å². The predicted molar refractivity (Wildman–Crippen MR) is 78.6 cm³/mol. The van der Waals surface area contributed by atoms with Crippen LogP contribution in [0.25, 0.3) is 0 Å². The Morgan fingerprint density at radius 3 is 2.58 bits per heavy atom. The zero-order valence-electron chi connectivity index (χ0n) is 12.3. The van der Waals surface area contributed by atoms with Crippen molar-refractivity contribution in [1.29, 1.82) is 0 Å². The highest BCUT2D eigenvalue weighted by Gasteiger charge is 2.31. The van der Waals surface area contributed by atoms with Crippen molar-refractivity contribution in [3.63, 3.8) is 0 Å². The first kappa shape index (κ1) is 15.3. The van der Waals surface area contributed by atoms with E-state index in [2.05, 4.69) is 12.4 Å². The Balaban J connectivity index is 1.91. The number of hydrogen-bond donors (Lipinski definition) is 1. The van der Waals surface area contributed by atoms with E-state index in [4.69, 9.17) is 0 Å². The number of sulfonamides is 1. The summed E-state index contributed by atoms with van der Waals surface area (Å²) in [6, 6.07) is 0.641. The van der Waals surface area contributed by atoms with Crippen molar-refractivity contribution in [3.8, 4) is 0 Å². The SMILES string of the molecule is CNC1CCCCC1CC1CCCN(S(C)(=O)=O)C1. The molecule has 0 amide bonds. The van der Waals surface area contributed by atoms with Crippen molar-refractivity contribution in [1.82, 2.24) is 9.62 Å². The van der Waals surface area contributed by atoms with Crippen LogP contribution >= 0.6 is 0 Å². The average Bonchev–Trinajstić information content (AvgIpc) is 2.39. The van der Waals surface area contributed by atoms with Crippen LogP contribution in [0, 0.1) is 11.8 Å². The number of hydrogen-bond acceptors (Lipinski definition) is 3. The minimum Gasteiger partial charge on any atom is -0.317 e. The van der Waals surface area contributed by atoms with E-state index in [1.54, 1.807) is 4.31 Å². The molecule has 1 aliphatic heterocycles. The van der Waals surface area contributed by atoms with Gasteiger partial charge in [0.25, 0.3) is 0 Å². The smallest absolute Gasteiger partial charge is 0.211 e. The number of piperidine rings is 1. The molecule has 2 aliphatic rings. The van der Waals surface area contributed by atoms with Crippen molar-refractivity contribution < 1.29 is 8.42 Å². The summed E-state index contributed by atoms with van der Waals surface area (Å²) in [4.78, 5) is 0. The zero-order chi connectivity index (χ0) is 13.9. The van der Waals surface area contributed by atoms with Gasteiger partial charge in [0.1, 0.15) is 0 Å². The Bertz CT molecular complexity index is 383. The van der Waals surface area contributed by atoms with Crippen LogP contribution in [0.1, 0.15) is 44.9 Å². The largest absolute Gasteiger partial charge is 0.317 e. The monoisotopic (exact) mass is 288 g/mol. The van der Waals surface area contributed by atoms with E-state index in [9.17, 15) is 8.42 Å². The molecule has 0 bridgehead atoms. The highest BCUT2D eigenvalue weighted by molar-refractivity contribution is 7.88. The number of rotatable bonds is 4. The van der Waals surface area contributed by atoms with Gasteiger partial charge < -0.3 is 5.32 Å². The lowest BCUT2D eigenvalue weighted by Gasteiger charge is -2.37. The van der Waals surface area contributed by atoms with Gasteiger partial charge in [-0.3, -0.25) is 0 Å². The van der Waals surface area contributed by atoms with Crippen LogP contribution in [0.2, 0.25) is 0 Å². The van der Waals surface area contributed by atoms with Gasteiger partial charge in [0.15, 0.2) is 0 Å². The lowest BCUT2D eigenvalue weighted by atomic mass is 9.77. The number of nitrogens with one attached hydrogen (secondary N) is 1. The van der Waals surface area contributed by atoms with Crippen molar-refractivity contribution in [2.24, 2.45) is 11.8 Å². The van der Waals surface area contributed by atoms with E-state index < -0.39 is 10.0 Å². The minimum atomic E-state index is -3.00. The van der Waals surface area contributed by atoms with Gasteiger partial charge in [0.2, 0.25) is 10.0 Å². The molecule has 1 N–H and O–H groups in total. The molecule has 0 aromatic heterocycles. The fourth-order valence-electron chi connectivity index (χ4n) is 3.82. The Morgan fingerprint density at radius 2 is 1.89 bits per heavy atom. The van der Waals surface area contributed by atoms with Gasteiger partial charge in [0, 0.05) is 19.1 Å². The quantitative estimate of drug-likeness (QED) is 0.858. The molecule has 0 radical (unpaired) electrons. The van der Waals surface area contributed by atoms with Crippen molar-refractivity contribution in [3.05, 3.63) is 0 Å². The Hall–Kier alpha value is -0.130. The first-order valence-electron chi connectivity index (χ1n) is 7.63. The normalized spacial score (nSPS) is 34.3. The summed E-state index contributed by atoms with van der Waals surface area (Å²) in [6.07, 6.45) is 10.0. The molecule has 1 heterocycles. The van der Waals surface area contributed by atoms with Crippen LogP contribution in [0.3, 0.4) is 0 Å². The molecule has 5 heteroatoms. The summed E-state index contributed by atoms with van der Waals surface area (Å²) >= 11 is 0. The molecule has 1 saturated carbocycles. The maximum Gasteiger partial charge on any atom is 0.211 e. The summed E-state index contributed by atoms with van der Waals surface area (Å²) in [7, 11) is -0.939. The van der Waals surface area contributed by atoms with Gasteiger partial charge in [0.05, 0.1) is 6.26 Å². The Morgan fingerprint density at radius 1 is 1.16 bits per heavy atom. The fraction of sp³-hybridized carbons (Fsp3) is 1.00. The van der Waals surface area contributed by atoms with Crippen LogP contribution in [0.4, 0.5) is 0 Å². The maximum atomic E-state index is 11.7. The van der Waals surface area contributed by atoms with E-state index in [1.165, 1.54) is 44.8 Å². The summed E-state index contributed by atoms with van der Waals surface area (Å²) in [5.41, 5.74) is 0. The maximum absolute atomic E-state index is 11.7. The number of nitrogens with zero attached hydrogens (tertiary/aromatic N) is 1. The van der Waals surface area contributed by atoms with E-state index >= 15 is 0 Å². The zero-order valence-corrected chi connectivity index (χ0v) is 13.1. The van der Waals surface area contributed by atoms with E-state index in [0.717, 1.165) is 25.4 Å². The molecule has 4 nitrogen and oxygen atoms in total. The van der Waals surface area contributed by atoms with Gasteiger partial charge in [-0.1, -0.05) is 12.8 Å². The molecule has 3 atom stereocenters. The third-order valence-electron chi connectivity index (χ3n) is 4.87. The van der Waals surface area contributed by atoms with E-state index in [-0.39, 0.29) is 0 Å². The predicted octanol–water partition coefficient (Wildman–Crippen LogP) is 1.83. The molecular weight excluding hydrogens is 260 g/mol. The average molecular weight is 288 g/mol. The van der Waals surface area contributed by atoms with Gasteiger partial charge in [-0.15, -0.1) is 0 Å². The van der Waals surface area contributed by atoms with Crippen LogP contribution < -0.4 is 5.32 Å². The van der Waals surface area contributed by atoms with E-state index in [0.29, 0.717) is 12.0 Å². The molecule has 0 spiro atoms. The van der Waals surface area contributed by atoms with Gasteiger partial charge in [-0.05, 0) is 51.0 Å². The lowest BCUT2D eigenvalue weighted by molar-refractivity contribution is 0.182. The van der Waals surface area contributed by atoms with Gasteiger partial charge in [-0.25, -0.2) is 12.7 Å². The molecule has 112 valence electrons. The van der Waals surface area contributed by atoms with Crippen molar-refractivity contribution in [2.45, 2.75) is 51.0 Å². The van der Waals surface area contributed by atoms with Crippen LogP contribution in [0.5, 0.6) is 0 Å². The molecular formula is C14H28N2O2S. The summed E-state index contributed by atoms with van der Waals surface area (Å²) < 4.78 is 25.0. The molecule has 2 fully saturated rings. The second-order valence-corrected chi connectivity index (χ2v) is 8.29. The molecule has 0 aromatic rings. The highest BCUT2D eigenvalue weighted by Crippen LogP contribution is 2.33. The molecule has 0 aromatic carbocycles. The topological polar surface area (TPSA) is 49.4 Å². The Kier molecular flexibility index (Phi) is 5.26. The second kappa shape index (κ2) is 6.55. The molecule has 3 unspecified atom stereocenters. The van der Waals surface area contributed by atoms with Gasteiger partial charge >= 0.3 is 0 Å². The standard InChI is InChI=1S/C14H28N2O2S/c1-15-14-8-4-3-7-13(14)10-12-6-5-9-16(11-12)19(2,17)18/h12-15H,3-11H2,1-2H3. The summed E-state index contributed by atoms with van der Waals surface area (Å²) in [5.74, 6) is 1.30. The summed E-state index contributed by atoms with van der Waals surface area (Å²) in [5, 5.41) is 3.45. The third-order valence-corrected chi connectivity index (χ3v) is 6.14. The van der Waals surface area contributed by atoms with E-state index in [1.807, 2.05) is 0 Å². The lowest BCUT2D eigenvalue weighted by Crippen LogP contribution is -2.42. The molecule has 2 rings (SSSR count). The van der Waals surface area contributed by atoms with Crippen LogP contribution in [0.15, 0.2) is 0 Å². The first-order chi connectivity index (χ1) is 9.00. The first-order valence-corrected chi connectivity index (χ1v) is 9.48. The highest BCUT2D eigenvalue weighted by atomic mass is 32.2.